The lowest BCUT2D eigenvalue weighted by molar-refractivity contribution is 0.0531. The number of esters is 1. The van der Waals surface area contributed by atoms with Crippen LogP contribution in [0.1, 0.15) is 59.5 Å². The molecule has 2 N–H and O–H groups in total. The Morgan fingerprint density at radius 1 is 1.22 bits per heavy atom. The van der Waals surface area contributed by atoms with Gasteiger partial charge < -0.3 is 10.5 Å². The second-order valence-electron chi connectivity index (χ2n) is 8.22. The first kappa shape index (κ1) is 25.5. The molecule has 0 spiro atoms. The Morgan fingerprint density at radius 2 is 1.94 bits per heavy atom. The Kier molecular flexibility index (Phi) is 7.77. The summed E-state index contributed by atoms with van der Waals surface area (Å²) < 4.78 is 6.75. The monoisotopic (exact) mass is 518 g/mol. The van der Waals surface area contributed by atoms with Crippen LogP contribution < -0.4 is 11.3 Å². The van der Waals surface area contributed by atoms with Crippen molar-refractivity contribution in [2.24, 2.45) is 0 Å². The number of nitrogens with two attached hydrogens (primary N) is 1. The molecule has 0 amide bonds. The van der Waals surface area contributed by atoms with Gasteiger partial charge in [0.15, 0.2) is 5.16 Å². The van der Waals surface area contributed by atoms with Crippen LogP contribution in [0.25, 0.3) is 16.6 Å². The maximum atomic E-state index is 13.6. The molecule has 0 saturated carbocycles. The summed E-state index contributed by atoms with van der Waals surface area (Å²) in [5, 5.41) is 10.9. The summed E-state index contributed by atoms with van der Waals surface area (Å²) in [6, 6.07) is 17.2. The SMILES string of the molecule is CCOC(=O)c1sc(N)c(C#N)c1CSc1nc2ccccc2c(=O)n1-c1ccc(C(C)CC)cc1. The molecule has 2 aromatic heterocycles. The van der Waals surface area contributed by atoms with E-state index in [1.165, 1.54) is 17.3 Å². The average molecular weight is 519 g/mol. The van der Waals surface area contributed by atoms with Gasteiger partial charge in [0.05, 0.1) is 28.8 Å². The van der Waals surface area contributed by atoms with Crippen molar-refractivity contribution in [3.05, 3.63) is 80.5 Å². The molecule has 0 aliphatic rings. The summed E-state index contributed by atoms with van der Waals surface area (Å²) in [4.78, 5) is 31.2. The molecule has 1 atom stereocenters. The highest BCUT2D eigenvalue weighted by molar-refractivity contribution is 7.98. The second-order valence-corrected chi connectivity index (χ2v) is 10.2. The van der Waals surface area contributed by atoms with Crippen LogP contribution in [0.4, 0.5) is 5.00 Å². The molecule has 0 fully saturated rings. The van der Waals surface area contributed by atoms with Gasteiger partial charge in [-0.15, -0.1) is 11.3 Å². The largest absolute Gasteiger partial charge is 0.462 e. The van der Waals surface area contributed by atoms with Crippen molar-refractivity contribution in [1.82, 2.24) is 9.55 Å². The molecule has 184 valence electrons. The summed E-state index contributed by atoms with van der Waals surface area (Å²) in [6.45, 7) is 6.24. The summed E-state index contributed by atoms with van der Waals surface area (Å²) in [5.74, 6) is 0.116. The van der Waals surface area contributed by atoms with Crippen molar-refractivity contribution in [1.29, 1.82) is 5.26 Å². The Hall–Kier alpha value is -3.61. The number of nitrogen functional groups attached to an aromatic ring is 1. The van der Waals surface area contributed by atoms with Crippen molar-refractivity contribution in [2.75, 3.05) is 12.3 Å². The van der Waals surface area contributed by atoms with Crippen LogP contribution in [0.15, 0.2) is 58.5 Å². The highest BCUT2D eigenvalue weighted by atomic mass is 32.2. The number of thiophene rings is 1. The fraction of sp³-hybridized carbons (Fsp3) is 0.259. The molecular formula is C27H26N4O3S2. The topological polar surface area (TPSA) is 111 Å². The van der Waals surface area contributed by atoms with Gasteiger partial charge in [-0.25, -0.2) is 9.78 Å². The van der Waals surface area contributed by atoms with E-state index in [-0.39, 0.29) is 28.5 Å². The van der Waals surface area contributed by atoms with E-state index in [9.17, 15) is 14.9 Å². The first-order valence-electron chi connectivity index (χ1n) is 11.6. The number of benzene rings is 2. The van der Waals surface area contributed by atoms with Gasteiger partial charge in [0.2, 0.25) is 0 Å². The number of aromatic nitrogens is 2. The zero-order valence-corrected chi connectivity index (χ0v) is 21.9. The number of carbonyl (C=O) groups excluding carboxylic acids is 1. The minimum atomic E-state index is -0.518. The normalized spacial score (nSPS) is 11.8. The Labute approximate surface area is 217 Å². The van der Waals surface area contributed by atoms with Crippen LogP contribution in [0.2, 0.25) is 0 Å². The molecule has 2 heterocycles. The molecule has 2 aromatic carbocycles. The van der Waals surface area contributed by atoms with Crippen molar-refractivity contribution < 1.29 is 9.53 Å². The van der Waals surface area contributed by atoms with Crippen LogP contribution in [-0.2, 0) is 10.5 Å². The number of thioether (sulfide) groups is 1. The minimum Gasteiger partial charge on any atom is -0.462 e. The number of nitriles is 1. The predicted molar refractivity (Wildman–Crippen MR) is 145 cm³/mol. The van der Waals surface area contributed by atoms with E-state index in [1.54, 1.807) is 23.6 Å². The number of hydrogen-bond acceptors (Lipinski definition) is 8. The molecule has 7 nitrogen and oxygen atoms in total. The lowest BCUT2D eigenvalue weighted by atomic mass is 9.98. The number of anilines is 1. The molecular weight excluding hydrogens is 492 g/mol. The molecule has 4 aromatic rings. The van der Waals surface area contributed by atoms with E-state index in [0.717, 1.165) is 17.8 Å². The van der Waals surface area contributed by atoms with E-state index in [2.05, 4.69) is 19.9 Å². The molecule has 0 aliphatic heterocycles. The zero-order valence-electron chi connectivity index (χ0n) is 20.3. The van der Waals surface area contributed by atoms with E-state index in [0.29, 0.717) is 38.1 Å². The van der Waals surface area contributed by atoms with Gasteiger partial charge in [-0.3, -0.25) is 9.36 Å². The Balaban J connectivity index is 1.81. The number of nitrogens with zero attached hydrogens (tertiary/aromatic N) is 3. The third-order valence-electron chi connectivity index (χ3n) is 6.03. The first-order chi connectivity index (χ1) is 17.4. The van der Waals surface area contributed by atoms with Gasteiger partial charge in [0.1, 0.15) is 15.9 Å². The maximum absolute atomic E-state index is 13.6. The van der Waals surface area contributed by atoms with Crippen LogP contribution in [0.5, 0.6) is 0 Å². The molecule has 0 radical (unpaired) electrons. The smallest absolute Gasteiger partial charge is 0.348 e. The van der Waals surface area contributed by atoms with Gasteiger partial charge in [-0.2, -0.15) is 5.26 Å². The van der Waals surface area contributed by atoms with E-state index in [1.807, 2.05) is 36.4 Å². The lowest BCUT2D eigenvalue weighted by Crippen LogP contribution is -2.21. The Bertz CT molecular complexity index is 1520. The molecule has 36 heavy (non-hydrogen) atoms. The molecule has 4 rings (SSSR count). The minimum absolute atomic E-state index is 0.185. The fourth-order valence-electron chi connectivity index (χ4n) is 3.87. The molecule has 9 heteroatoms. The fourth-order valence-corrected chi connectivity index (χ4v) is 5.93. The summed E-state index contributed by atoms with van der Waals surface area (Å²) in [6.07, 6.45) is 1.02. The number of ether oxygens (including phenoxy) is 1. The van der Waals surface area contributed by atoms with Gasteiger partial charge in [0.25, 0.3) is 5.56 Å². The molecule has 0 saturated heterocycles. The van der Waals surface area contributed by atoms with Gasteiger partial charge in [-0.05, 0) is 49.1 Å². The molecule has 0 bridgehead atoms. The number of carbonyl (C=O) groups is 1. The quantitative estimate of drug-likeness (QED) is 0.176. The van der Waals surface area contributed by atoms with Crippen molar-refractivity contribution in [3.8, 4) is 11.8 Å². The highest BCUT2D eigenvalue weighted by Gasteiger charge is 2.24. The highest BCUT2D eigenvalue weighted by Crippen LogP contribution is 2.36. The standard InChI is InChI=1S/C27H26N4O3S2/c1-4-16(3)17-10-12-18(13-11-17)31-25(32)19-8-6-7-9-22(19)30-27(31)35-15-21-20(14-28)24(29)36-23(21)26(33)34-5-2/h6-13,16H,4-5,15,29H2,1-3H3. The van der Waals surface area contributed by atoms with E-state index >= 15 is 0 Å². The van der Waals surface area contributed by atoms with Crippen LogP contribution in [0, 0.1) is 11.3 Å². The predicted octanol–water partition coefficient (Wildman–Crippen LogP) is 5.88. The molecule has 0 aliphatic carbocycles. The summed E-state index contributed by atoms with van der Waals surface area (Å²) in [7, 11) is 0. The first-order valence-corrected chi connectivity index (χ1v) is 13.4. The average Bonchev–Trinajstić information content (AvgIpc) is 3.22. The van der Waals surface area contributed by atoms with Crippen LogP contribution in [0.3, 0.4) is 0 Å². The number of hydrogen-bond donors (Lipinski definition) is 1. The number of rotatable bonds is 8. The number of fused-ring (bicyclic) bond motifs is 1. The number of para-hydroxylation sites is 1. The third kappa shape index (κ3) is 4.87. The summed E-state index contributed by atoms with van der Waals surface area (Å²) in [5.41, 5.74) is 9.06. The van der Waals surface area contributed by atoms with Gasteiger partial charge in [0, 0.05) is 11.3 Å². The molecule has 1 unspecified atom stereocenters. The van der Waals surface area contributed by atoms with E-state index in [4.69, 9.17) is 15.5 Å². The van der Waals surface area contributed by atoms with Crippen LogP contribution in [-0.4, -0.2) is 22.1 Å². The van der Waals surface area contributed by atoms with Gasteiger partial charge in [-0.1, -0.05) is 49.9 Å². The van der Waals surface area contributed by atoms with Crippen LogP contribution >= 0.6 is 23.1 Å². The Morgan fingerprint density at radius 3 is 2.61 bits per heavy atom. The van der Waals surface area contributed by atoms with Gasteiger partial charge >= 0.3 is 5.97 Å². The summed E-state index contributed by atoms with van der Waals surface area (Å²) >= 11 is 2.32. The maximum Gasteiger partial charge on any atom is 0.348 e. The van der Waals surface area contributed by atoms with Crippen molar-refractivity contribution >= 4 is 45.0 Å². The van der Waals surface area contributed by atoms with E-state index < -0.39 is 5.97 Å². The lowest BCUT2D eigenvalue weighted by Gasteiger charge is -2.15. The second kappa shape index (κ2) is 11.0. The van der Waals surface area contributed by atoms with Crippen molar-refractivity contribution in [2.45, 2.75) is 44.0 Å². The van der Waals surface area contributed by atoms with Crippen molar-refractivity contribution in [3.63, 3.8) is 0 Å². The zero-order chi connectivity index (χ0) is 25.8. The third-order valence-corrected chi connectivity index (χ3v) is 8.04.